The van der Waals surface area contributed by atoms with E-state index in [-0.39, 0.29) is 18.5 Å². The summed E-state index contributed by atoms with van der Waals surface area (Å²) >= 11 is 0. The molecule has 0 spiro atoms. The number of aliphatic hydroxyl groups is 2. The smallest absolute Gasteiger partial charge is 0.305 e. The van der Waals surface area contributed by atoms with Gasteiger partial charge in [0.1, 0.15) is 0 Å². The summed E-state index contributed by atoms with van der Waals surface area (Å²) in [5.41, 5.74) is 0. The van der Waals surface area contributed by atoms with Gasteiger partial charge in [-0.15, -0.1) is 0 Å². The minimum absolute atomic E-state index is 0.0113. The average Bonchev–Trinajstić information content (AvgIpc) is 3.33. The van der Waals surface area contributed by atoms with E-state index in [1.807, 2.05) is 6.08 Å². The molecule has 6 nitrogen and oxygen atoms in total. The highest BCUT2D eigenvalue weighted by molar-refractivity contribution is 5.76. The molecule has 0 saturated carbocycles. The van der Waals surface area contributed by atoms with Gasteiger partial charge in [0.05, 0.1) is 25.4 Å². The zero-order chi connectivity index (χ0) is 48.6. The highest BCUT2D eigenvalue weighted by Crippen LogP contribution is 2.16. The molecule has 0 radical (unpaired) electrons. The molecule has 6 heteroatoms. The molecule has 1 amide bonds. The Morgan fingerprint density at radius 3 is 1.18 bits per heavy atom. The van der Waals surface area contributed by atoms with Crippen LogP contribution in [0.4, 0.5) is 0 Å². The monoisotopic (exact) mass is 940 g/mol. The van der Waals surface area contributed by atoms with Gasteiger partial charge in [0.15, 0.2) is 0 Å². The Labute approximate surface area is 416 Å². The van der Waals surface area contributed by atoms with Crippen LogP contribution in [-0.2, 0) is 14.3 Å². The van der Waals surface area contributed by atoms with Crippen LogP contribution in [0.25, 0.3) is 0 Å². The fourth-order valence-electron chi connectivity index (χ4n) is 8.78. The molecule has 0 aromatic rings. The maximum atomic E-state index is 12.5. The lowest BCUT2D eigenvalue weighted by Gasteiger charge is -2.20. The first kappa shape index (κ1) is 64.8. The summed E-state index contributed by atoms with van der Waals surface area (Å²) in [5, 5.41) is 23.1. The van der Waals surface area contributed by atoms with E-state index in [1.165, 1.54) is 212 Å². The van der Waals surface area contributed by atoms with Crippen LogP contribution in [0.3, 0.4) is 0 Å². The minimum atomic E-state index is -0.852. The van der Waals surface area contributed by atoms with Crippen LogP contribution in [0.2, 0.25) is 0 Å². The second kappa shape index (κ2) is 56.4. The van der Waals surface area contributed by atoms with E-state index in [0.717, 1.165) is 64.2 Å². The molecule has 3 N–H and O–H groups in total. The van der Waals surface area contributed by atoms with Gasteiger partial charge < -0.3 is 20.3 Å². The van der Waals surface area contributed by atoms with Gasteiger partial charge >= 0.3 is 5.97 Å². The summed E-state index contributed by atoms with van der Waals surface area (Å²) in [7, 11) is 0. The average molecular weight is 941 g/mol. The van der Waals surface area contributed by atoms with Gasteiger partial charge in [-0.05, 0) is 89.9 Å². The molecule has 0 aromatic carbocycles. The van der Waals surface area contributed by atoms with Crippen LogP contribution in [0.15, 0.2) is 48.6 Å². The number of hydrogen-bond donors (Lipinski definition) is 3. The Bertz CT molecular complexity index is 1130. The second-order valence-electron chi connectivity index (χ2n) is 20.0. The molecule has 2 unspecified atom stereocenters. The Morgan fingerprint density at radius 2 is 0.746 bits per heavy atom. The zero-order valence-corrected chi connectivity index (χ0v) is 44.6. The van der Waals surface area contributed by atoms with Crippen molar-refractivity contribution in [2.45, 2.75) is 315 Å². The topological polar surface area (TPSA) is 95.9 Å². The number of rotatable bonds is 54. The predicted octanol–water partition coefficient (Wildman–Crippen LogP) is 18.2. The molecule has 67 heavy (non-hydrogen) atoms. The van der Waals surface area contributed by atoms with Gasteiger partial charge in [-0.25, -0.2) is 0 Å². The van der Waals surface area contributed by atoms with Crippen molar-refractivity contribution in [1.82, 2.24) is 5.32 Å². The first-order chi connectivity index (χ1) is 33.0. The number of carbonyl (C=O) groups excluding carboxylic acids is 2. The number of ether oxygens (including phenoxy) is 1. The van der Waals surface area contributed by atoms with Crippen LogP contribution in [0.5, 0.6) is 0 Å². The molecular weight excluding hydrogens is 827 g/mol. The van der Waals surface area contributed by atoms with Crippen molar-refractivity contribution >= 4 is 11.9 Å². The third kappa shape index (κ3) is 53.0. The molecule has 0 heterocycles. The lowest BCUT2D eigenvalue weighted by molar-refractivity contribution is -0.143. The van der Waals surface area contributed by atoms with E-state index in [4.69, 9.17) is 4.74 Å². The maximum absolute atomic E-state index is 12.5. The normalized spacial score (nSPS) is 13.0. The molecule has 0 fully saturated rings. The molecular formula is C61H113NO5. The third-order valence-corrected chi connectivity index (χ3v) is 13.3. The van der Waals surface area contributed by atoms with Gasteiger partial charge in [0.2, 0.25) is 5.91 Å². The Balaban J connectivity index is 3.48. The maximum Gasteiger partial charge on any atom is 0.305 e. The fraction of sp³-hybridized carbons (Fsp3) is 0.836. The van der Waals surface area contributed by atoms with Crippen molar-refractivity contribution in [3.05, 3.63) is 48.6 Å². The van der Waals surface area contributed by atoms with Crippen LogP contribution < -0.4 is 5.32 Å². The summed E-state index contributed by atoms with van der Waals surface area (Å²) in [6, 6.07) is -0.636. The standard InChI is InChI=1S/C61H113NO5/c1-3-5-7-9-11-13-15-17-19-26-29-33-37-41-45-49-53-59(64)58(57-63)62-60(65)54-50-46-42-38-34-30-27-23-21-20-22-24-28-32-36-40-44-48-52-56-67-61(66)55-51-47-43-39-35-31-25-18-16-14-12-10-8-6-4-2/h12,14,18,20-21,25,49,53,58-59,63-64H,3-11,13,15-17,19,22-24,26-48,50-52,54-57H2,1-2H3,(H,62,65)/b14-12-,21-20-,25-18-,53-49+. The van der Waals surface area contributed by atoms with Crippen molar-refractivity contribution in [3.8, 4) is 0 Å². The zero-order valence-electron chi connectivity index (χ0n) is 44.6. The van der Waals surface area contributed by atoms with Gasteiger partial charge in [-0.2, -0.15) is 0 Å². The fourth-order valence-corrected chi connectivity index (χ4v) is 8.78. The molecule has 2 atom stereocenters. The van der Waals surface area contributed by atoms with Crippen molar-refractivity contribution in [2.24, 2.45) is 0 Å². The van der Waals surface area contributed by atoms with Crippen LogP contribution >= 0.6 is 0 Å². The van der Waals surface area contributed by atoms with Gasteiger partial charge in [0.25, 0.3) is 0 Å². The molecule has 0 rings (SSSR count). The van der Waals surface area contributed by atoms with E-state index in [0.29, 0.717) is 19.4 Å². The number of aliphatic hydroxyl groups excluding tert-OH is 2. The SMILES string of the molecule is CCCCC/C=C\C/C=C\CCCCCCCC(=O)OCCCCCCCCCC/C=C\CCCCCCCCCC(=O)NC(CO)C(O)/C=C/CCCCCCCCCCCCCCCC. The molecule has 0 aliphatic heterocycles. The van der Waals surface area contributed by atoms with Gasteiger partial charge in [-0.3, -0.25) is 9.59 Å². The number of nitrogens with one attached hydrogen (secondary N) is 1. The van der Waals surface area contributed by atoms with E-state index < -0.39 is 12.1 Å². The Kier molecular flexibility index (Phi) is 54.6. The van der Waals surface area contributed by atoms with Crippen molar-refractivity contribution < 1.29 is 24.5 Å². The summed E-state index contributed by atoms with van der Waals surface area (Å²) in [4.78, 5) is 24.5. The van der Waals surface area contributed by atoms with Gasteiger partial charge in [0, 0.05) is 12.8 Å². The largest absolute Gasteiger partial charge is 0.466 e. The van der Waals surface area contributed by atoms with E-state index in [1.54, 1.807) is 6.08 Å². The van der Waals surface area contributed by atoms with Crippen LogP contribution in [0.1, 0.15) is 303 Å². The van der Waals surface area contributed by atoms with E-state index >= 15 is 0 Å². The molecule has 392 valence electrons. The van der Waals surface area contributed by atoms with Crippen molar-refractivity contribution in [2.75, 3.05) is 13.2 Å². The predicted molar refractivity (Wildman–Crippen MR) is 292 cm³/mol. The summed E-state index contributed by atoms with van der Waals surface area (Å²) < 4.78 is 5.47. The quantitative estimate of drug-likeness (QED) is 0.0321. The number of allylic oxidation sites excluding steroid dienone is 7. The molecule has 0 saturated heterocycles. The Morgan fingerprint density at radius 1 is 0.418 bits per heavy atom. The molecule has 0 aliphatic carbocycles. The van der Waals surface area contributed by atoms with Gasteiger partial charge in [-0.1, -0.05) is 249 Å². The lowest BCUT2D eigenvalue weighted by atomic mass is 10.0. The van der Waals surface area contributed by atoms with Crippen molar-refractivity contribution in [3.63, 3.8) is 0 Å². The summed E-state index contributed by atoms with van der Waals surface area (Å²) in [6.45, 7) is 4.86. The van der Waals surface area contributed by atoms with Crippen molar-refractivity contribution in [1.29, 1.82) is 0 Å². The number of esters is 1. The first-order valence-corrected chi connectivity index (χ1v) is 29.4. The van der Waals surface area contributed by atoms with Crippen LogP contribution in [-0.4, -0.2) is 47.4 Å². The summed E-state index contributed by atoms with van der Waals surface area (Å²) in [5.74, 6) is -0.0889. The molecule has 0 aliphatic rings. The third-order valence-electron chi connectivity index (χ3n) is 13.3. The number of carbonyl (C=O) groups is 2. The molecule has 0 aromatic heterocycles. The van der Waals surface area contributed by atoms with E-state index in [9.17, 15) is 19.8 Å². The summed E-state index contributed by atoms with van der Waals surface area (Å²) in [6.07, 6.45) is 71.3. The molecule has 0 bridgehead atoms. The first-order valence-electron chi connectivity index (χ1n) is 29.4. The number of hydrogen-bond acceptors (Lipinski definition) is 5. The minimum Gasteiger partial charge on any atom is -0.466 e. The van der Waals surface area contributed by atoms with E-state index in [2.05, 4.69) is 55.6 Å². The lowest BCUT2D eigenvalue weighted by Crippen LogP contribution is -2.45. The number of unbranched alkanes of at least 4 members (excludes halogenated alkanes) is 37. The highest BCUT2D eigenvalue weighted by atomic mass is 16.5. The second-order valence-corrected chi connectivity index (χ2v) is 20.0. The van der Waals surface area contributed by atoms with Crippen LogP contribution in [0, 0.1) is 0 Å². The number of amides is 1. The highest BCUT2D eigenvalue weighted by Gasteiger charge is 2.18. The Hall–Kier alpha value is -2.18.